The molecule has 116 valence electrons. The summed E-state index contributed by atoms with van der Waals surface area (Å²) < 4.78 is 1.79. The molecule has 2 aromatic heterocycles. The maximum atomic E-state index is 11.9. The maximum Gasteiger partial charge on any atom is 0.264 e. The molecule has 0 aliphatic carbocycles. The van der Waals surface area contributed by atoms with Crippen molar-refractivity contribution in [3.63, 3.8) is 0 Å². The molecule has 0 atom stereocenters. The molecule has 1 aromatic carbocycles. The predicted octanol–water partition coefficient (Wildman–Crippen LogP) is 0.928. The summed E-state index contributed by atoms with van der Waals surface area (Å²) >= 11 is 0. The number of aromatic amines is 1. The number of carbonyl (C=O) groups excluding carboxylic acids is 1. The number of amides is 1. The monoisotopic (exact) mass is 309 g/mol. The lowest BCUT2D eigenvalue weighted by Crippen LogP contribution is -2.27. The van der Waals surface area contributed by atoms with Crippen molar-refractivity contribution in [2.75, 3.05) is 6.54 Å². The normalized spacial score (nSPS) is 10.4. The van der Waals surface area contributed by atoms with Crippen molar-refractivity contribution in [1.29, 1.82) is 0 Å². The lowest BCUT2D eigenvalue weighted by Gasteiger charge is -2.03. The van der Waals surface area contributed by atoms with Crippen LogP contribution in [-0.4, -0.2) is 32.4 Å². The summed E-state index contributed by atoms with van der Waals surface area (Å²) in [5.74, 6) is -0.320. The lowest BCUT2D eigenvalue weighted by molar-refractivity contribution is 0.0953. The highest BCUT2D eigenvalue weighted by Gasteiger charge is 2.06. The van der Waals surface area contributed by atoms with Crippen molar-refractivity contribution in [1.82, 2.24) is 25.3 Å². The van der Waals surface area contributed by atoms with Gasteiger partial charge in [0.15, 0.2) is 0 Å². The lowest BCUT2D eigenvalue weighted by atomic mass is 10.2. The highest BCUT2D eigenvalue weighted by Crippen LogP contribution is 2.07. The molecule has 23 heavy (non-hydrogen) atoms. The van der Waals surface area contributed by atoms with Crippen molar-refractivity contribution in [2.45, 2.75) is 6.42 Å². The van der Waals surface area contributed by atoms with Crippen LogP contribution in [0.1, 0.15) is 15.9 Å². The third-order valence-electron chi connectivity index (χ3n) is 3.28. The molecule has 3 rings (SSSR count). The van der Waals surface area contributed by atoms with Crippen LogP contribution >= 0.6 is 0 Å². The van der Waals surface area contributed by atoms with Gasteiger partial charge < -0.3 is 5.32 Å². The van der Waals surface area contributed by atoms with Crippen molar-refractivity contribution >= 4 is 5.91 Å². The molecule has 2 N–H and O–H groups in total. The minimum Gasteiger partial charge on any atom is -0.352 e. The van der Waals surface area contributed by atoms with Gasteiger partial charge in [-0.3, -0.25) is 9.59 Å². The van der Waals surface area contributed by atoms with Gasteiger partial charge in [0.2, 0.25) is 0 Å². The second kappa shape index (κ2) is 6.69. The number of nitrogens with one attached hydrogen (secondary N) is 2. The topological polar surface area (TPSA) is 92.7 Å². The molecule has 0 saturated carbocycles. The molecule has 0 saturated heterocycles. The SMILES string of the molecule is O=C(NCCc1cnn(-c2ccccc2)c1)c1cn[nH]c(=O)c1. The van der Waals surface area contributed by atoms with E-state index in [-0.39, 0.29) is 11.5 Å². The van der Waals surface area contributed by atoms with E-state index in [9.17, 15) is 9.59 Å². The van der Waals surface area contributed by atoms with Crippen LogP contribution in [0.4, 0.5) is 0 Å². The van der Waals surface area contributed by atoms with Gasteiger partial charge in [-0.15, -0.1) is 0 Å². The van der Waals surface area contributed by atoms with Crippen LogP contribution in [0.3, 0.4) is 0 Å². The number of para-hydroxylation sites is 1. The largest absolute Gasteiger partial charge is 0.352 e. The average molecular weight is 309 g/mol. The molecule has 0 fully saturated rings. The second-order valence-electron chi connectivity index (χ2n) is 4.97. The van der Waals surface area contributed by atoms with Crippen LogP contribution in [-0.2, 0) is 6.42 Å². The summed E-state index contributed by atoms with van der Waals surface area (Å²) in [6.45, 7) is 0.451. The van der Waals surface area contributed by atoms with Gasteiger partial charge >= 0.3 is 0 Å². The molecular weight excluding hydrogens is 294 g/mol. The molecule has 0 bridgehead atoms. The van der Waals surface area contributed by atoms with Gasteiger partial charge in [-0.25, -0.2) is 9.78 Å². The molecule has 0 unspecified atom stereocenters. The minimum absolute atomic E-state index is 0.244. The number of benzene rings is 1. The molecule has 0 aliphatic heterocycles. The Bertz CT molecular complexity index is 854. The fraction of sp³-hybridized carbons (Fsp3) is 0.125. The van der Waals surface area contributed by atoms with Crippen molar-refractivity contribution in [3.05, 3.63) is 76.5 Å². The van der Waals surface area contributed by atoms with E-state index in [4.69, 9.17) is 0 Å². The third kappa shape index (κ3) is 3.70. The standard InChI is InChI=1S/C16H15N5O2/c22-15-8-13(10-18-20-15)16(23)17-7-6-12-9-19-21(11-12)14-4-2-1-3-5-14/h1-5,8-11H,6-7H2,(H,17,23)(H,20,22). The van der Waals surface area contributed by atoms with E-state index in [1.165, 1.54) is 12.3 Å². The number of aromatic nitrogens is 4. The number of rotatable bonds is 5. The molecule has 0 spiro atoms. The highest BCUT2D eigenvalue weighted by atomic mass is 16.2. The number of nitrogens with zero attached hydrogens (tertiary/aromatic N) is 3. The van der Waals surface area contributed by atoms with E-state index in [1.54, 1.807) is 10.9 Å². The van der Waals surface area contributed by atoms with Crippen LogP contribution in [0.2, 0.25) is 0 Å². The van der Waals surface area contributed by atoms with Crippen molar-refractivity contribution in [3.8, 4) is 5.69 Å². The second-order valence-corrected chi connectivity index (χ2v) is 4.97. The first-order chi connectivity index (χ1) is 11.2. The smallest absolute Gasteiger partial charge is 0.264 e. The Morgan fingerprint density at radius 2 is 2.04 bits per heavy atom. The first-order valence-electron chi connectivity index (χ1n) is 7.14. The third-order valence-corrected chi connectivity index (χ3v) is 3.28. The Labute approximate surface area is 132 Å². The first-order valence-corrected chi connectivity index (χ1v) is 7.14. The predicted molar refractivity (Wildman–Crippen MR) is 84.5 cm³/mol. The summed E-state index contributed by atoms with van der Waals surface area (Å²) in [7, 11) is 0. The number of carbonyl (C=O) groups is 1. The molecule has 2 heterocycles. The van der Waals surface area contributed by atoms with Gasteiger partial charge in [-0.1, -0.05) is 18.2 Å². The van der Waals surface area contributed by atoms with Gasteiger partial charge in [0, 0.05) is 18.8 Å². The quantitative estimate of drug-likeness (QED) is 0.733. The van der Waals surface area contributed by atoms with E-state index in [1.807, 2.05) is 36.5 Å². The van der Waals surface area contributed by atoms with E-state index < -0.39 is 5.56 Å². The highest BCUT2D eigenvalue weighted by molar-refractivity contribution is 5.93. The Balaban J connectivity index is 1.56. The van der Waals surface area contributed by atoms with Crippen LogP contribution in [0, 0.1) is 0 Å². The summed E-state index contributed by atoms with van der Waals surface area (Å²) in [6.07, 6.45) is 5.67. The molecule has 1 amide bonds. The minimum atomic E-state index is -0.401. The van der Waals surface area contributed by atoms with Crippen LogP contribution in [0.5, 0.6) is 0 Å². The number of hydrogen-bond acceptors (Lipinski definition) is 4. The molecule has 0 aliphatic rings. The number of H-pyrrole nitrogens is 1. The molecule has 7 heteroatoms. The first kappa shape index (κ1) is 14.7. The van der Waals surface area contributed by atoms with Gasteiger partial charge in [-0.05, 0) is 24.1 Å². The molecule has 3 aromatic rings. The van der Waals surface area contributed by atoms with E-state index in [0.29, 0.717) is 13.0 Å². The zero-order valence-electron chi connectivity index (χ0n) is 12.3. The van der Waals surface area contributed by atoms with Gasteiger partial charge in [0.25, 0.3) is 11.5 Å². The fourth-order valence-corrected chi connectivity index (χ4v) is 2.13. The van der Waals surface area contributed by atoms with Gasteiger partial charge in [0.1, 0.15) is 0 Å². The Morgan fingerprint density at radius 1 is 1.22 bits per heavy atom. The number of hydrogen-bond donors (Lipinski definition) is 2. The van der Waals surface area contributed by atoms with Crippen molar-refractivity contribution in [2.24, 2.45) is 0 Å². The van der Waals surface area contributed by atoms with Crippen molar-refractivity contribution < 1.29 is 4.79 Å². The van der Waals surface area contributed by atoms with E-state index >= 15 is 0 Å². The Morgan fingerprint density at radius 3 is 2.83 bits per heavy atom. The van der Waals surface area contributed by atoms with Crippen LogP contribution in [0.15, 0.2) is 59.8 Å². The van der Waals surface area contributed by atoms with Crippen LogP contribution < -0.4 is 10.9 Å². The van der Waals surface area contributed by atoms with Gasteiger partial charge in [0.05, 0.1) is 23.6 Å². The Kier molecular flexibility index (Phi) is 4.28. The molecular formula is C16H15N5O2. The fourth-order valence-electron chi connectivity index (χ4n) is 2.13. The Hall–Kier alpha value is -3.22. The zero-order chi connectivity index (χ0) is 16.1. The van der Waals surface area contributed by atoms with E-state index in [0.717, 1.165) is 11.3 Å². The molecule has 0 radical (unpaired) electrons. The van der Waals surface area contributed by atoms with E-state index in [2.05, 4.69) is 20.6 Å². The van der Waals surface area contributed by atoms with Gasteiger partial charge in [-0.2, -0.15) is 10.2 Å². The summed E-state index contributed by atoms with van der Waals surface area (Å²) in [6, 6.07) is 11.0. The molecule has 7 nitrogen and oxygen atoms in total. The zero-order valence-corrected chi connectivity index (χ0v) is 12.3. The summed E-state index contributed by atoms with van der Waals surface area (Å²) in [5, 5.41) is 12.9. The average Bonchev–Trinajstić information content (AvgIpc) is 3.04. The summed E-state index contributed by atoms with van der Waals surface area (Å²) in [5.41, 5.74) is 1.84. The van der Waals surface area contributed by atoms with Crippen LogP contribution in [0.25, 0.3) is 5.69 Å². The summed E-state index contributed by atoms with van der Waals surface area (Å²) in [4.78, 5) is 23.0. The maximum absolute atomic E-state index is 11.9.